The van der Waals surface area contributed by atoms with Crippen molar-refractivity contribution < 1.29 is 9.53 Å². The number of carbonyl (C=O) groups excluding carboxylic acids is 1. The van der Waals surface area contributed by atoms with E-state index in [1.165, 1.54) is 0 Å². The van der Waals surface area contributed by atoms with Crippen LogP contribution in [0.25, 0.3) is 0 Å². The van der Waals surface area contributed by atoms with Crippen LogP contribution in [0.4, 0.5) is 5.69 Å². The van der Waals surface area contributed by atoms with Crippen LogP contribution in [0.15, 0.2) is 48.5 Å². The Morgan fingerprint density at radius 3 is 2.45 bits per heavy atom. The molecule has 2 aromatic carbocycles. The van der Waals surface area contributed by atoms with Crippen LogP contribution in [-0.4, -0.2) is 12.5 Å². The van der Waals surface area contributed by atoms with Crippen LogP contribution in [0.5, 0.6) is 5.75 Å². The number of hydrogen-bond acceptors (Lipinski definition) is 2. The van der Waals surface area contributed by atoms with Gasteiger partial charge in [-0.15, -0.1) is 0 Å². The lowest BCUT2D eigenvalue weighted by Crippen LogP contribution is -2.14. The van der Waals surface area contributed by atoms with Gasteiger partial charge >= 0.3 is 0 Å². The molecule has 0 heterocycles. The molecule has 104 valence electrons. The molecule has 0 aliphatic carbocycles. The van der Waals surface area contributed by atoms with Crippen molar-refractivity contribution in [1.82, 2.24) is 0 Å². The molecule has 0 atom stereocenters. The zero-order valence-electron chi connectivity index (χ0n) is 11.8. The third-order valence-corrected chi connectivity index (χ3v) is 3.06. The monoisotopic (exact) mass is 269 g/mol. The number of ether oxygens (including phenoxy) is 1. The number of hydrogen-bond donors (Lipinski definition) is 1. The van der Waals surface area contributed by atoms with Crippen molar-refractivity contribution in [1.29, 1.82) is 0 Å². The van der Waals surface area contributed by atoms with Crippen LogP contribution >= 0.6 is 0 Å². The lowest BCUT2D eigenvalue weighted by Gasteiger charge is -2.08. The molecule has 0 fully saturated rings. The van der Waals surface area contributed by atoms with Crippen molar-refractivity contribution in [2.24, 2.45) is 0 Å². The lowest BCUT2D eigenvalue weighted by molar-refractivity contribution is -0.115. The maximum Gasteiger partial charge on any atom is 0.228 e. The predicted octanol–water partition coefficient (Wildman–Crippen LogP) is 3.57. The normalized spacial score (nSPS) is 10.1. The number of aryl methyl sites for hydroxylation is 1. The van der Waals surface area contributed by atoms with E-state index >= 15 is 0 Å². The summed E-state index contributed by atoms with van der Waals surface area (Å²) in [6.45, 7) is 4.59. The lowest BCUT2D eigenvalue weighted by atomic mass is 10.1. The summed E-state index contributed by atoms with van der Waals surface area (Å²) in [5.74, 6) is 0.799. The van der Waals surface area contributed by atoms with Gasteiger partial charge in [0.15, 0.2) is 0 Å². The Morgan fingerprint density at radius 1 is 1.10 bits per heavy atom. The van der Waals surface area contributed by atoms with Crippen molar-refractivity contribution in [2.75, 3.05) is 11.9 Å². The Balaban J connectivity index is 1.96. The Kier molecular flexibility index (Phi) is 4.77. The molecule has 0 saturated carbocycles. The third kappa shape index (κ3) is 3.85. The van der Waals surface area contributed by atoms with Crippen LogP contribution in [0.1, 0.15) is 18.1 Å². The third-order valence-electron chi connectivity index (χ3n) is 3.06. The summed E-state index contributed by atoms with van der Waals surface area (Å²) in [5.41, 5.74) is 2.97. The average Bonchev–Trinajstić information content (AvgIpc) is 2.44. The molecule has 0 unspecified atom stereocenters. The molecule has 3 heteroatoms. The SMILES string of the molecule is CCOc1ccc(NC(=O)Cc2ccccc2C)cc1. The van der Waals surface area contributed by atoms with Gasteiger partial charge in [0, 0.05) is 5.69 Å². The molecule has 0 aromatic heterocycles. The fourth-order valence-electron chi connectivity index (χ4n) is 1.99. The van der Waals surface area contributed by atoms with E-state index in [1.807, 2.05) is 62.4 Å². The fraction of sp³-hybridized carbons (Fsp3) is 0.235. The summed E-state index contributed by atoms with van der Waals surface area (Å²) in [6.07, 6.45) is 0.389. The number of benzene rings is 2. The van der Waals surface area contributed by atoms with Crippen LogP contribution < -0.4 is 10.1 Å². The van der Waals surface area contributed by atoms with Gasteiger partial charge in [-0.2, -0.15) is 0 Å². The highest BCUT2D eigenvalue weighted by molar-refractivity contribution is 5.92. The minimum absolute atomic E-state index is 0.0107. The molecule has 0 radical (unpaired) electrons. The van der Waals surface area contributed by atoms with Crippen LogP contribution in [0.2, 0.25) is 0 Å². The minimum atomic E-state index is -0.0107. The molecule has 0 aliphatic heterocycles. The van der Waals surface area contributed by atoms with Gasteiger partial charge in [-0.1, -0.05) is 24.3 Å². The molecule has 1 N–H and O–H groups in total. The molecule has 0 spiro atoms. The number of anilines is 1. The van der Waals surface area contributed by atoms with Crippen molar-refractivity contribution >= 4 is 11.6 Å². The first kappa shape index (κ1) is 14.1. The zero-order valence-corrected chi connectivity index (χ0v) is 11.8. The Hall–Kier alpha value is -2.29. The van der Waals surface area contributed by atoms with Crippen molar-refractivity contribution in [3.05, 3.63) is 59.7 Å². The van der Waals surface area contributed by atoms with Gasteiger partial charge < -0.3 is 10.1 Å². The largest absolute Gasteiger partial charge is 0.494 e. The first-order chi connectivity index (χ1) is 9.69. The van der Waals surface area contributed by atoms with E-state index < -0.39 is 0 Å². The molecular formula is C17H19NO2. The van der Waals surface area contributed by atoms with E-state index in [4.69, 9.17) is 4.74 Å². The van der Waals surface area contributed by atoms with Gasteiger partial charge in [0.2, 0.25) is 5.91 Å². The molecule has 0 bridgehead atoms. The second-order valence-corrected chi connectivity index (χ2v) is 4.61. The van der Waals surface area contributed by atoms with Crippen LogP contribution in [0.3, 0.4) is 0 Å². The highest BCUT2D eigenvalue weighted by atomic mass is 16.5. The Labute approximate surface area is 119 Å². The number of carbonyl (C=O) groups is 1. The summed E-state index contributed by atoms with van der Waals surface area (Å²) < 4.78 is 5.36. The average molecular weight is 269 g/mol. The van der Waals surface area contributed by atoms with E-state index in [1.54, 1.807) is 0 Å². The predicted molar refractivity (Wildman–Crippen MR) is 81.1 cm³/mol. The molecule has 3 nitrogen and oxygen atoms in total. The van der Waals surface area contributed by atoms with Crippen LogP contribution in [0, 0.1) is 6.92 Å². The standard InChI is InChI=1S/C17H19NO2/c1-3-20-16-10-8-15(9-11-16)18-17(19)12-14-7-5-4-6-13(14)2/h4-11H,3,12H2,1-2H3,(H,18,19). The first-order valence-corrected chi connectivity index (χ1v) is 6.76. The topological polar surface area (TPSA) is 38.3 Å². The first-order valence-electron chi connectivity index (χ1n) is 6.76. The maximum atomic E-state index is 12.0. The quantitative estimate of drug-likeness (QED) is 0.901. The van der Waals surface area contributed by atoms with Crippen molar-refractivity contribution in [3.8, 4) is 5.75 Å². The van der Waals surface area contributed by atoms with E-state index in [9.17, 15) is 4.79 Å². The maximum absolute atomic E-state index is 12.0. The molecule has 0 saturated heterocycles. The van der Waals surface area contributed by atoms with Gasteiger partial charge in [0.05, 0.1) is 13.0 Å². The van der Waals surface area contributed by atoms with Gasteiger partial charge in [-0.25, -0.2) is 0 Å². The van der Waals surface area contributed by atoms with Gasteiger partial charge in [-0.3, -0.25) is 4.79 Å². The second kappa shape index (κ2) is 6.75. The number of rotatable bonds is 5. The Bertz CT molecular complexity index is 576. The summed E-state index contributed by atoms with van der Waals surface area (Å²) in [5, 5.41) is 2.89. The summed E-state index contributed by atoms with van der Waals surface area (Å²) in [7, 11) is 0. The summed E-state index contributed by atoms with van der Waals surface area (Å²) in [4.78, 5) is 12.0. The van der Waals surface area contributed by atoms with E-state index in [-0.39, 0.29) is 5.91 Å². The summed E-state index contributed by atoms with van der Waals surface area (Å²) in [6, 6.07) is 15.3. The number of nitrogens with one attached hydrogen (secondary N) is 1. The zero-order chi connectivity index (χ0) is 14.4. The molecule has 1 amide bonds. The Morgan fingerprint density at radius 2 is 1.80 bits per heavy atom. The van der Waals surface area contributed by atoms with Gasteiger partial charge in [0.25, 0.3) is 0 Å². The van der Waals surface area contributed by atoms with E-state index in [0.717, 1.165) is 22.6 Å². The van der Waals surface area contributed by atoms with Crippen molar-refractivity contribution in [3.63, 3.8) is 0 Å². The molecule has 0 aliphatic rings. The molecular weight excluding hydrogens is 250 g/mol. The van der Waals surface area contributed by atoms with Crippen LogP contribution in [-0.2, 0) is 11.2 Å². The van der Waals surface area contributed by atoms with Gasteiger partial charge in [-0.05, 0) is 49.2 Å². The minimum Gasteiger partial charge on any atom is -0.494 e. The van der Waals surface area contributed by atoms with E-state index in [0.29, 0.717) is 13.0 Å². The summed E-state index contributed by atoms with van der Waals surface area (Å²) >= 11 is 0. The number of amides is 1. The van der Waals surface area contributed by atoms with E-state index in [2.05, 4.69) is 5.32 Å². The molecule has 20 heavy (non-hydrogen) atoms. The highest BCUT2D eigenvalue weighted by Crippen LogP contribution is 2.16. The highest BCUT2D eigenvalue weighted by Gasteiger charge is 2.06. The van der Waals surface area contributed by atoms with Crippen molar-refractivity contribution in [2.45, 2.75) is 20.3 Å². The second-order valence-electron chi connectivity index (χ2n) is 4.61. The smallest absolute Gasteiger partial charge is 0.228 e. The van der Waals surface area contributed by atoms with Gasteiger partial charge in [0.1, 0.15) is 5.75 Å². The molecule has 2 aromatic rings. The fourth-order valence-corrected chi connectivity index (χ4v) is 1.99. The molecule has 2 rings (SSSR count).